The zero-order valence-electron chi connectivity index (χ0n) is 10.7. The second kappa shape index (κ2) is 5.95. The largest absolute Gasteiger partial charge is 0.333 e. The van der Waals surface area contributed by atoms with Crippen molar-refractivity contribution in [2.45, 2.75) is 19.9 Å². The van der Waals surface area contributed by atoms with E-state index in [0.717, 1.165) is 12.1 Å². The first-order valence-corrected chi connectivity index (χ1v) is 5.97. The van der Waals surface area contributed by atoms with Gasteiger partial charge in [0.15, 0.2) is 0 Å². The van der Waals surface area contributed by atoms with Crippen molar-refractivity contribution in [3.63, 3.8) is 0 Å². The summed E-state index contributed by atoms with van der Waals surface area (Å²) in [6.07, 6.45) is 5.29. The van der Waals surface area contributed by atoms with Crippen molar-refractivity contribution in [3.05, 3.63) is 48.5 Å². The summed E-state index contributed by atoms with van der Waals surface area (Å²) in [5.74, 6) is -0.427. The van der Waals surface area contributed by atoms with E-state index in [9.17, 15) is 9.59 Å². The Kier molecular flexibility index (Phi) is 4.07. The Morgan fingerprint density at radius 3 is 2.58 bits per heavy atom. The highest BCUT2D eigenvalue weighted by atomic mass is 16.2. The molecule has 1 amide bonds. The van der Waals surface area contributed by atoms with Gasteiger partial charge >= 0.3 is 0 Å². The summed E-state index contributed by atoms with van der Waals surface area (Å²) in [6.45, 7) is 2.13. The summed E-state index contributed by atoms with van der Waals surface area (Å²) in [7, 11) is 0. The number of imidazole rings is 1. The van der Waals surface area contributed by atoms with E-state index in [2.05, 4.69) is 10.3 Å². The minimum atomic E-state index is -0.283. The van der Waals surface area contributed by atoms with E-state index < -0.39 is 0 Å². The maximum absolute atomic E-state index is 11.4. The molecule has 19 heavy (non-hydrogen) atoms. The SMILES string of the molecule is CC(=O)CC(=O)Nc1ccc(Cn2ccnc2)cc1. The zero-order valence-corrected chi connectivity index (χ0v) is 10.7. The number of Topliss-reactive ketones (excluding diaryl/α,β-unsaturated/α-hetero) is 1. The molecule has 2 aromatic rings. The highest BCUT2D eigenvalue weighted by molar-refractivity contribution is 6.03. The fraction of sp³-hybridized carbons (Fsp3) is 0.214. The Morgan fingerprint density at radius 1 is 1.26 bits per heavy atom. The molecule has 0 aliphatic rings. The molecule has 1 aromatic carbocycles. The lowest BCUT2D eigenvalue weighted by molar-refractivity contribution is -0.124. The van der Waals surface area contributed by atoms with Gasteiger partial charge in [-0.15, -0.1) is 0 Å². The first kappa shape index (κ1) is 13.0. The van der Waals surface area contributed by atoms with Crippen molar-refractivity contribution < 1.29 is 9.59 Å². The molecule has 0 aliphatic heterocycles. The van der Waals surface area contributed by atoms with Crippen LogP contribution >= 0.6 is 0 Å². The van der Waals surface area contributed by atoms with Crippen LogP contribution in [0.15, 0.2) is 43.0 Å². The highest BCUT2D eigenvalue weighted by Crippen LogP contribution is 2.11. The fourth-order valence-corrected chi connectivity index (χ4v) is 1.72. The molecule has 2 rings (SSSR count). The molecular formula is C14H15N3O2. The quantitative estimate of drug-likeness (QED) is 0.831. The molecule has 0 spiro atoms. The van der Waals surface area contributed by atoms with Crippen molar-refractivity contribution in [2.75, 3.05) is 5.32 Å². The highest BCUT2D eigenvalue weighted by Gasteiger charge is 2.05. The molecule has 0 aliphatic carbocycles. The summed E-state index contributed by atoms with van der Waals surface area (Å²) >= 11 is 0. The predicted molar refractivity (Wildman–Crippen MR) is 71.7 cm³/mol. The lowest BCUT2D eigenvalue weighted by Crippen LogP contribution is -2.14. The molecule has 5 nitrogen and oxygen atoms in total. The number of aromatic nitrogens is 2. The van der Waals surface area contributed by atoms with E-state index in [1.165, 1.54) is 6.92 Å². The van der Waals surface area contributed by atoms with E-state index in [0.29, 0.717) is 5.69 Å². The minimum Gasteiger partial charge on any atom is -0.333 e. The second-order valence-corrected chi connectivity index (χ2v) is 4.36. The standard InChI is InChI=1S/C14H15N3O2/c1-11(18)8-14(19)16-13-4-2-12(3-5-13)9-17-7-6-15-10-17/h2-7,10H,8-9H2,1H3,(H,16,19). The van der Waals surface area contributed by atoms with Gasteiger partial charge in [-0.05, 0) is 24.6 Å². The molecule has 0 bridgehead atoms. The van der Waals surface area contributed by atoms with Crippen LogP contribution in [0.2, 0.25) is 0 Å². The smallest absolute Gasteiger partial charge is 0.231 e. The number of rotatable bonds is 5. The first-order valence-electron chi connectivity index (χ1n) is 5.97. The van der Waals surface area contributed by atoms with Gasteiger partial charge in [0.2, 0.25) is 5.91 Å². The normalized spacial score (nSPS) is 10.2. The first-order chi connectivity index (χ1) is 9.13. The zero-order chi connectivity index (χ0) is 13.7. The number of carbonyl (C=O) groups is 2. The minimum absolute atomic E-state index is 0.0865. The molecule has 5 heteroatoms. The number of benzene rings is 1. The van der Waals surface area contributed by atoms with E-state index in [4.69, 9.17) is 0 Å². The van der Waals surface area contributed by atoms with E-state index in [-0.39, 0.29) is 18.1 Å². The average Bonchev–Trinajstić information content (AvgIpc) is 2.83. The number of amides is 1. The number of ketones is 1. The molecule has 0 unspecified atom stereocenters. The van der Waals surface area contributed by atoms with E-state index >= 15 is 0 Å². The van der Waals surface area contributed by atoms with Crippen LogP contribution in [0.25, 0.3) is 0 Å². The van der Waals surface area contributed by atoms with Gasteiger partial charge in [-0.25, -0.2) is 4.98 Å². The molecule has 98 valence electrons. The average molecular weight is 257 g/mol. The third kappa shape index (κ3) is 4.06. The van der Waals surface area contributed by atoms with Crippen LogP contribution in [0.4, 0.5) is 5.69 Å². The summed E-state index contributed by atoms with van der Waals surface area (Å²) in [5, 5.41) is 2.68. The molecule has 0 radical (unpaired) electrons. The van der Waals surface area contributed by atoms with Gasteiger partial charge in [0.05, 0.1) is 12.7 Å². The van der Waals surface area contributed by atoms with E-state index in [1.54, 1.807) is 12.5 Å². The predicted octanol–water partition coefficient (Wildman–Crippen LogP) is 1.85. The maximum Gasteiger partial charge on any atom is 0.231 e. The molecule has 0 atom stereocenters. The summed E-state index contributed by atoms with van der Waals surface area (Å²) < 4.78 is 1.96. The summed E-state index contributed by atoms with van der Waals surface area (Å²) in [5.41, 5.74) is 1.81. The third-order valence-corrected chi connectivity index (χ3v) is 2.57. The number of nitrogens with one attached hydrogen (secondary N) is 1. The van der Waals surface area contributed by atoms with Gasteiger partial charge in [0, 0.05) is 24.6 Å². The van der Waals surface area contributed by atoms with E-state index in [1.807, 2.05) is 35.0 Å². The molecule has 0 saturated carbocycles. The fourth-order valence-electron chi connectivity index (χ4n) is 1.72. The molecule has 1 aromatic heterocycles. The Hall–Kier alpha value is -2.43. The third-order valence-electron chi connectivity index (χ3n) is 2.57. The van der Waals surface area contributed by atoms with Gasteiger partial charge in [0.25, 0.3) is 0 Å². The number of carbonyl (C=O) groups excluding carboxylic acids is 2. The van der Waals surface area contributed by atoms with Gasteiger partial charge in [-0.3, -0.25) is 9.59 Å². The summed E-state index contributed by atoms with van der Waals surface area (Å²) in [4.78, 5) is 26.2. The molecular weight excluding hydrogens is 242 g/mol. The molecule has 1 N–H and O–H groups in total. The Labute approximate surface area is 111 Å². The number of hydrogen-bond acceptors (Lipinski definition) is 3. The van der Waals surface area contributed by atoms with Crippen LogP contribution in [0.1, 0.15) is 18.9 Å². The molecule has 0 fully saturated rings. The maximum atomic E-state index is 11.4. The number of anilines is 1. The monoisotopic (exact) mass is 257 g/mol. The van der Waals surface area contributed by atoms with Crippen LogP contribution in [-0.4, -0.2) is 21.2 Å². The topological polar surface area (TPSA) is 64.0 Å². The van der Waals surface area contributed by atoms with Crippen LogP contribution in [-0.2, 0) is 16.1 Å². The molecule has 1 heterocycles. The van der Waals surface area contributed by atoms with Crippen LogP contribution in [0.3, 0.4) is 0 Å². The lowest BCUT2D eigenvalue weighted by Gasteiger charge is -2.06. The Morgan fingerprint density at radius 2 is 2.00 bits per heavy atom. The van der Waals surface area contributed by atoms with Crippen molar-refractivity contribution >= 4 is 17.4 Å². The van der Waals surface area contributed by atoms with Crippen LogP contribution < -0.4 is 5.32 Å². The van der Waals surface area contributed by atoms with Gasteiger partial charge in [-0.1, -0.05) is 12.1 Å². The van der Waals surface area contributed by atoms with Crippen LogP contribution in [0, 0.1) is 0 Å². The summed E-state index contributed by atoms with van der Waals surface area (Å²) in [6, 6.07) is 7.52. The van der Waals surface area contributed by atoms with Crippen LogP contribution in [0.5, 0.6) is 0 Å². The molecule has 0 saturated heterocycles. The lowest BCUT2D eigenvalue weighted by atomic mass is 10.2. The Balaban J connectivity index is 1.94. The number of nitrogens with zero attached hydrogens (tertiary/aromatic N) is 2. The van der Waals surface area contributed by atoms with Gasteiger partial charge in [-0.2, -0.15) is 0 Å². The van der Waals surface area contributed by atoms with Gasteiger partial charge < -0.3 is 9.88 Å². The van der Waals surface area contributed by atoms with Crippen molar-refractivity contribution in [2.24, 2.45) is 0 Å². The van der Waals surface area contributed by atoms with Crippen molar-refractivity contribution in [1.82, 2.24) is 9.55 Å². The van der Waals surface area contributed by atoms with Gasteiger partial charge in [0.1, 0.15) is 5.78 Å². The van der Waals surface area contributed by atoms with Crippen molar-refractivity contribution in [3.8, 4) is 0 Å². The van der Waals surface area contributed by atoms with Crippen molar-refractivity contribution in [1.29, 1.82) is 0 Å². The second-order valence-electron chi connectivity index (χ2n) is 4.36. The Bertz CT molecular complexity index is 559. The number of hydrogen-bond donors (Lipinski definition) is 1.